The summed E-state index contributed by atoms with van der Waals surface area (Å²) in [5.74, 6) is 0. The minimum Gasteiger partial charge on any atom is -0.312 e. The molecule has 0 amide bonds. The molecule has 5 heteroatoms. The molecular formula is C14H17NO3P-. The Morgan fingerprint density at radius 3 is 2.79 bits per heavy atom. The lowest BCUT2D eigenvalue weighted by molar-refractivity contribution is 0.0201. The van der Waals surface area contributed by atoms with Crippen molar-refractivity contribution in [3.8, 4) is 6.07 Å². The average Bonchev–Trinajstić information content (AvgIpc) is 2.90. The monoisotopic (exact) mass is 278 g/mol. The van der Waals surface area contributed by atoms with E-state index in [0.717, 1.165) is 5.56 Å². The summed E-state index contributed by atoms with van der Waals surface area (Å²) in [6, 6.07) is 9.63. The molecule has 1 fully saturated rings. The highest BCUT2D eigenvalue weighted by molar-refractivity contribution is 7.41. The number of rotatable bonds is 4. The molecule has 0 aliphatic carbocycles. The van der Waals surface area contributed by atoms with Crippen LogP contribution in [0.15, 0.2) is 36.4 Å². The van der Waals surface area contributed by atoms with Gasteiger partial charge in [-0.3, -0.25) is 0 Å². The van der Waals surface area contributed by atoms with E-state index in [1.54, 1.807) is 0 Å². The third kappa shape index (κ3) is 3.68. The summed E-state index contributed by atoms with van der Waals surface area (Å²) in [6.07, 6.45) is -0.493. The van der Waals surface area contributed by atoms with E-state index in [0.29, 0.717) is 18.8 Å². The molecule has 0 spiro atoms. The summed E-state index contributed by atoms with van der Waals surface area (Å²) >= 11 is 0. The van der Waals surface area contributed by atoms with Crippen LogP contribution in [0.4, 0.5) is 0 Å². The van der Waals surface area contributed by atoms with Gasteiger partial charge in [0.25, 0.3) is 0 Å². The Hall–Kier alpha value is -1.11. The Morgan fingerprint density at radius 1 is 1.58 bits per heavy atom. The first kappa shape index (κ1) is 14.3. The molecule has 0 aromatic heterocycles. The number of hydrogen-bond acceptors (Lipinski definition) is 4. The summed E-state index contributed by atoms with van der Waals surface area (Å²) < 4.78 is 17.0. The van der Waals surface area contributed by atoms with E-state index < -0.39 is 14.7 Å². The molecule has 0 saturated carbocycles. The lowest BCUT2D eigenvalue weighted by Crippen LogP contribution is -2.28. The van der Waals surface area contributed by atoms with E-state index >= 15 is 0 Å². The third-order valence-electron chi connectivity index (χ3n) is 2.76. The van der Waals surface area contributed by atoms with Crippen molar-refractivity contribution in [2.45, 2.75) is 20.0 Å². The fourth-order valence-corrected chi connectivity index (χ4v) is 3.16. The van der Waals surface area contributed by atoms with Crippen molar-refractivity contribution < 1.29 is 13.6 Å². The standard InChI is InChI=1S/C14H17NO3P/c1-11(8-15)13(12-6-4-5-7-12)18-19-16-9-14(2,3)10-17-19/h4-7,13H,1,9-10H2,2-3H3/q-1. The molecule has 1 aliphatic heterocycles. The van der Waals surface area contributed by atoms with Crippen molar-refractivity contribution in [3.05, 3.63) is 42.0 Å². The van der Waals surface area contributed by atoms with Crippen LogP contribution in [0.1, 0.15) is 25.5 Å². The van der Waals surface area contributed by atoms with Crippen LogP contribution in [-0.2, 0) is 13.6 Å². The Bertz CT molecular complexity index is 465. The molecule has 1 unspecified atom stereocenters. The predicted molar refractivity (Wildman–Crippen MR) is 73.2 cm³/mol. The molecule has 19 heavy (non-hydrogen) atoms. The number of nitriles is 1. The molecule has 4 nitrogen and oxygen atoms in total. The Labute approximate surface area is 115 Å². The van der Waals surface area contributed by atoms with Crippen LogP contribution < -0.4 is 0 Å². The molecule has 102 valence electrons. The van der Waals surface area contributed by atoms with E-state index in [1.807, 2.05) is 30.3 Å². The maximum absolute atomic E-state index is 9.01. The summed E-state index contributed by atoms with van der Waals surface area (Å²) in [7, 11) is -1.42. The molecule has 0 bridgehead atoms. The van der Waals surface area contributed by atoms with E-state index in [2.05, 4.69) is 20.4 Å². The lowest BCUT2D eigenvalue weighted by Gasteiger charge is -2.34. The third-order valence-corrected chi connectivity index (χ3v) is 3.83. The molecule has 1 saturated heterocycles. The average molecular weight is 278 g/mol. The fraction of sp³-hybridized carbons (Fsp3) is 0.429. The van der Waals surface area contributed by atoms with Crippen molar-refractivity contribution >= 4 is 8.60 Å². The Kier molecular flexibility index (Phi) is 4.44. The highest BCUT2D eigenvalue weighted by atomic mass is 31.2. The molecule has 1 aliphatic rings. The molecule has 1 atom stereocenters. The SMILES string of the molecule is C=C(C#N)C(OP1OCC(C)(C)CO1)c1cc[cH-]c1. The summed E-state index contributed by atoms with van der Waals surface area (Å²) in [4.78, 5) is 0. The van der Waals surface area contributed by atoms with Gasteiger partial charge in [-0.25, -0.2) is 6.07 Å². The first-order valence-corrected chi connectivity index (χ1v) is 7.15. The van der Waals surface area contributed by atoms with Gasteiger partial charge >= 0.3 is 8.60 Å². The van der Waals surface area contributed by atoms with E-state index in [-0.39, 0.29) is 5.41 Å². The van der Waals surface area contributed by atoms with Crippen LogP contribution in [-0.4, -0.2) is 13.2 Å². The molecular weight excluding hydrogens is 261 g/mol. The van der Waals surface area contributed by atoms with Gasteiger partial charge < -0.3 is 13.6 Å². The van der Waals surface area contributed by atoms with Gasteiger partial charge in [-0.15, -0.1) is 0 Å². The van der Waals surface area contributed by atoms with Crippen LogP contribution in [0, 0.1) is 16.7 Å². The van der Waals surface area contributed by atoms with Gasteiger partial charge in [0.15, 0.2) is 0 Å². The maximum Gasteiger partial charge on any atom is 0.332 e. The maximum atomic E-state index is 9.01. The predicted octanol–water partition coefficient (Wildman–Crippen LogP) is 3.84. The normalized spacial score (nSPS) is 20.7. The molecule has 1 heterocycles. The second-order valence-corrected chi connectivity index (χ2v) is 6.45. The van der Waals surface area contributed by atoms with Crippen LogP contribution in [0.2, 0.25) is 0 Å². The quantitative estimate of drug-likeness (QED) is 0.477. The van der Waals surface area contributed by atoms with E-state index in [9.17, 15) is 0 Å². The second kappa shape index (κ2) is 5.90. The van der Waals surface area contributed by atoms with Crippen molar-refractivity contribution in [2.24, 2.45) is 5.41 Å². The van der Waals surface area contributed by atoms with Crippen LogP contribution in [0.25, 0.3) is 0 Å². The van der Waals surface area contributed by atoms with Gasteiger partial charge in [0, 0.05) is 11.0 Å². The van der Waals surface area contributed by atoms with Crippen molar-refractivity contribution in [2.75, 3.05) is 13.2 Å². The van der Waals surface area contributed by atoms with Crippen molar-refractivity contribution in [1.82, 2.24) is 0 Å². The van der Waals surface area contributed by atoms with Gasteiger partial charge in [0.05, 0.1) is 25.4 Å². The zero-order valence-electron chi connectivity index (χ0n) is 11.1. The smallest absolute Gasteiger partial charge is 0.312 e. The Morgan fingerprint density at radius 2 is 2.26 bits per heavy atom. The fourth-order valence-electron chi connectivity index (χ4n) is 1.63. The van der Waals surface area contributed by atoms with Crippen LogP contribution >= 0.6 is 8.60 Å². The van der Waals surface area contributed by atoms with Crippen LogP contribution in [0.5, 0.6) is 0 Å². The summed E-state index contributed by atoms with van der Waals surface area (Å²) in [6.45, 7) is 9.06. The molecule has 2 rings (SSSR count). The van der Waals surface area contributed by atoms with Gasteiger partial charge in [0.1, 0.15) is 0 Å². The molecule has 0 N–H and O–H groups in total. The largest absolute Gasteiger partial charge is 0.332 e. The first-order valence-electron chi connectivity index (χ1n) is 6.05. The summed E-state index contributed by atoms with van der Waals surface area (Å²) in [5.41, 5.74) is 1.25. The van der Waals surface area contributed by atoms with E-state index in [1.165, 1.54) is 0 Å². The zero-order valence-corrected chi connectivity index (χ0v) is 12.0. The Balaban J connectivity index is 2.02. The van der Waals surface area contributed by atoms with E-state index in [4.69, 9.17) is 18.8 Å². The van der Waals surface area contributed by atoms with Gasteiger partial charge in [0.2, 0.25) is 0 Å². The van der Waals surface area contributed by atoms with Crippen molar-refractivity contribution in [1.29, 1.82) is 5.26 Å². The zero-order chi connectivity index (χ0) is 13.9. The molecule has 1 aromatic carbocycles. The first-order chi connectivity index (χ1) is 9.02. The number of hydrogen-bond donors (Lipinski definition) is 0. The van der Waals surface area contributed by atoms with Crippen molar-refractivity contribution in [3.63, 3.8) is 0 Å². The minimum absolute atomic E-state index is 0.00420. The lowest BCUT2D eigenvalue weighted by atomic mass is 9.97. The van der Waals surface area contributed by atoms with Gasteiger partial charge in [-0.1, -0.05) is 20.4 Å². The van der Waals surface area contributed by atoms with Gasteiger partial charge in [-0.05, 0) is 0 Å². The number of nitrogens with zero attached hydrogens (tertiary/aromatic N) is 1. The minimum atomic E-state index is -1.42. The highest BCUT2D eigenvalue weighted by Crippen LogP contribution is 2.51. The molecule has 0 radical (unpaired) electrons. The van der Waals surface area contributed by atoms with Gasteiger partial charge in [-0.2, -0.15) is 29.0 Å². The second-order valence-electron chi connectivity index (χ2n) is 5.28. The highest BCUT2D eigenvalue weighted by Gasteiger charge is 2.32. The topological polar surface area (TPSA) is 51.5 Å². The van der Waals surface area contributed by atoms with Crippen LogP contribution in [0.3, 0.4) is 0 Å². The summed E-state index contributed by atoms with van der Waals surface area (Å²) in [5, 5.41) is 9.01. The molecule has 1 aromatic rings.